The predicted octanol–water partition coefficient (Wildman–Crippen LogP) is -1.37. The first-order valence-electron chi connectivity index (χ1n) is 7.32. The quantitative estimate of drug-likeness (QED) is 0.357. The van der Waals surface area contributed by atoms with Crippen molar-refractivity contribution >= 4 is 11.4 Å². The minimum atomic E-state index is -1.61. The number of nitrogens with two attached hydrogens (primary N) is 1. The number of hydrogen-bond acceptors (Lipinski definition) is 7. The van der Waals surface area contributed by atoms with Crippen molar-refractivity contribution < 1.29 is 25.5 Å². The summed E-state index contributed by atoms with van der Waals surface area (Å²) in [6.45, 7) is 2.14. The molecule has 0 fully saturated rings. The van der Waals surface area contributed by atoms with E-state index in [2.05, 4.69) is 0 Å². The van der Waals surface area contributed by atoms with Gasteiger partial charge in [-0.15, -0.1) is 0 Å². The predicted molar refractivity (Wildman–Crippen MR) is 82.6 cm³/mol. The average molecular weight is 312 g/mol. The van der Waals surface area contributed by atoms with Crippen LogP contribution >= 0.6 is 0 Å². The fourth-order valence-corrected chi connectivity index (χ4v) is 2.85. The number of β-amino-alcohol motifs (C(OH)–C–C–N with tert-alkyl or cyclic N) is 1. The molecule has 5 unspecified atom stereocenters. The molecule has 1 aromatic rings. The van der Waals surface area contributed by atoms with Crippen molar-refractivity contribution in [2.24, 2.45) is 0 Å². The lowest BCUT2D eigenvalue weighted by atomic mass is 10.0. The van der Waals surface area contributed by atoms with Crippen LogP contribution in [0.4, 0.5) is 11.4 Å². The molecule has 1 aliphatic rings. The van der Waals surface area contributed by atoms with E-state index in [-0.39, 0.29) is 12.5 Å². The Balaban J connectivity index is 2.06. The van der Waals surface area contributed by atoms with Crippen LogP contribution in [-0.2, 0) is 0 Å². The highest BCUT2D eigenvalue weighted by atomic mass is 16.4. The maximum absolute atomic E-state index is 10.1. The van der Waals surface area contributed by atoms with Crippen molar-refractivity contribution in [3.05, 3.63) is 23.8 Å². The highest BCUT2D eigenvalue weighted by Gasteiger charge is 2.33. The Bertz CT molecular complexity index is 513. The number of aliphatic hydroxyl groups excluding tert-OH is 5. The SMILES string of the molecule is CC1CN(CC(O)C(O)C(O)C(O)CO)c2ccc(N)cc21. The number of rotatable bonds is 6. The van der Waals surface area contributed by atoms with Gasteiger partial charge in [-0.1, -0.05) is 6.92 Å². The Labute approximate surface area is 129 Å². The number of nitrogen functional groups attached to an aromatic ring is 1. The number of fused-ring (bicyclic) bond motifs is 1. The van der Waals surface area contributed by atoms with Gasteiger partial charge in [0.25, 0.3) is 0 Å². The van der Waals surface area contributed by atoms with E-state index in [9.17, 15) is 20.4 Å². The van der Waals surface area contributed by atoms with Crippen LogP contribution in [0, 0.1) is 0 Å². The van der Waals surface area contributed by atoms with Crippen molar-refractivity contribution in [2.75, 3.05) is 30.3 Å². The van der Waals surface area contributed by atoms with Crippen LogP contribution in [0.25, 0.3) is 0 Å². The number of benzene rings is 1. The van der Waals surface area contributed by atoms with E-state index in [4.69, 9.17) is 10.8 Å². The minimum Gasteiger partial charge on any atom is -0.399 e. The smallest absolute Gasteiger partial charge is 0.111 e. The molecule has 1 aliphatic heterocycles. The van der Waals surface area contributed by atoms with Crippen molar-refractivity contribution in [3.63, 3.8) is 0 Å². The molecule has 0 aliphatic carbocycles. The first-order chi connectivity index (χ1) is 10.3. The summed E-state index contributed by atoms with van der Waals surface area (Å²) in [5.41, 5.74) is 8.48. The molecule has 2 rings (SSSR count). The van der Waals surface area contributed by atoms with Crippen LogP contribution in [0.2, 0.25) is 0 Å². The summed E-state index contributed by atoms with van der Waals surface area (Å²) in [6.07, 6.45) is -5.90. The van der Waals surface area contributed by atoms with Gasteiger partial charge < -0.3 is 36.2 Å². The zero-order valence-electron chi connectivity index (χ0n) is 12.5. The zero-order valence-corrected chi connectivity index (χ0v) is 12.5. The van der Waals surface area contributed by atoms with Crippen LogP contribution < -0.4 is 10.6 Å². The lowest BCUT2D eigenvalue weighted by molar-refractivity contribution is -0.112. The van der Waals surface area contributed by atoms with Gasteiger partial charge in [-0.2, -0.15) is 0 Å². The fraction of sp³-hybridized carbons (Fsp3) is 0.600. The Hall–Kier alpha value is -1.38. The third-order valence-corrected chi connectivity index (χ3v) is 4.15. The van der Waals surface area contributed by atoms with Gasteiger partial charge in [0.2, 0.25) is 0 Å². The molecule has 1 aromatic carbocycles. The highest BCUT2D eigenvalue weighted by molar-refractivity contribution is 5.64. The van der Waals surface area contributed by atoms with Gasteiger partial charge >= 0.3 is 0 Å². The van der Waals surface area contributed by atoms with E-state index in [0.717, 1.165) is 11.3 Å². The fourth-order valence-electron chi connectivity index (χ4n) is 2.85. The molecule has 124 valence electrons. The molecule has 0 bridgehead atoms. The molecule has 7 nitrogen and oxygen atoms in total. The van der Waals surface area contributed by atoms with Crippen LogP contribution in [0.5, 0.6) is 0 Å². The lowest BCUT2D eigenvalue weighted by Crippen LogP contribution is -2.49. The van der Waals surface area contributed by atoms with Crippen LogP contribution in [0.3, 0.4) is 0 Å². The zero-order chi connectivity index (χ0) is 16.4. The van der Waals surface area contributed by atoms with E-state index in [0.29, 0.717) is 12.2 Å². The second-order valence-corrected chi connectivity index (χ2v) is 5.92. The third kappa shape index (κ3) is 3.34. The molecule has 0 spiro atoms. The van der Waals surface area contributed by atoms with Gasteiger partial charge in [-0.05, 0) is 23.8 Å². The van der Waals surface area contributed by atoms with Gasteiger partial charge in [0.1, 0.15) is 18.3 Å². The summed E-state index contributed by atoms with van der Waals surface area (Å²) < 4.78 is 0. The summed E-state index contributed by atoms with van der Waals surface area (Å²) in [6, 6.07) is 5.54. The molecule has 7 heteroatoms. The van der Waals surface area contributed by atoms with Gasteiger partial charge in [-0.25, -0.2) is 0 Å². The molecule has 5 atom stereocenters. The standard InChI is InChI=1S/C15H24N2O5/c1-8-5-17(11-3-2-9(16)4-10(8)11)6-12(19)14(21)15(22)13(20)7-18/h2-4,8,12-15,18-22H,5-7,16H2,1H3. The molecular formula is C15H24N2O5. The number of nitrogens with zero attached hydrogens (tertiary/aromatic N) is 1. The maximum Gasteiger partial charge on any atom is 0.111 e. The number of hydrogen-bond donors (Lipinski definition) is 6. The van der Waals surface area contributed by atoms with Crippen LogP contribution in [0.1, 0.15) is 18.4 Å². The molecular weight excluding hydrogens is 288 g/mol. The van der Waals surface area contributed by atoms with Crippen molar-refractivity contribution in [1.29, 1.82) is 0 Å². The van der Waals surface area contributed by atoms with Crippen molar-refractivity contribution in [3.8, 4) is 0 Å². The van der Waals surface area contributed by atoms with E-state index < -0.39 is 31.0 Å². The van der Waals surface area contributed by atoms with E-state index in [1.165, 1.54) is 0 Å². The van der Waals surface area contributed by atoms with Crippen molar-refractivity contribution in [2.45, 2.75) is 37.3 Å². The Kier molecular flexibility index (Phi) is 5.25. The minimum absolute atomic E-state index is 0.109. The van der Waals surface area contributed by atoms with E-state index in [1.807, 2.05) is 24.0 Å². The Morgan fingerprint density at radius 1 is 1.18 bits per heavy atom. The summed E-state index contributed by atoms with van der Waals surface area (Å²) in [5, 5.41) is 47.8. The summed E-state index contributed by atoms with van der Waals surface area (Å²) in [7, 11) is 0. The van der Waals surface area contributed by atoms with Gasteiger partial charge in [0.15, 0.2) is 0 Å². The summed E-state index contributed by atoms with van der Waals surface area (Å²) in [5.74, 6) is 0.246. The normalized spacial score (nSPS) is 23.0. The molecule has 0 radical (unpaired) electrons. The van der Waals surface area contributed by atoms with Crippen molar-refractivity contribution in [1.82, 2.24) is 0 Å². The Morgan fingerprint density at radius 3 is 2.45 bits per heavy atom. The largest absolute Gasteiger partial charge is 0.399 e. The molecule has 0 aromatic heterocycles. The van der Waals surface area contributed by atoms with Crippen LogP contribution in [-0.4, -0.2) is 69.6 Å². The molecule has 7 N–H and O–H groups in total. The topological polar surface area (TPSA) is 130 Å². The van der Waals surface area contributed by atoms with Gasteiger partial charge in [0.05, 0.1) is 12.7 Å². The van der Waals surface area contributed by atoms with E-state index in [1.54, 1.807) is 6.07 Å². The van der Waals surface area contributed by atoms with E-state index >= 15 is 0 Å². The summed E-state index contributed by atoms with van der Waals surface area (Å²) in [4.78, 5) is 1.91. The highest BCUT2D eigenvalue weighted by Crippen LogP contribution is 2.37. The second-order valence-electron chi connectivity index (χ2n) is 5.92. The number of aliphatic hydroxyl groups is 5. The van der Waals surface area contributed by atoms with Gasteiger partial charge in [-0.3, -0.25) is 0 Å². The summed E-state index contributed by atoms with van der Waals surface area (Å²) >= 11 is 0. The average Bonchev–Trinajstić information content (AvgIpc) is 2.80. The first kappa shape index (κ1) is 17.0. The molecule has 0 saturated heterocycles. The first-order valence-corrected chi connectivity index (χ1v) is 7.32. The maximum atomic E-state index is 10.1. The molecule has 22 heavy (non-hydrogen) atoms. The number of anilines is 2. The second kappa shape index (κ2) is 6.80. The Morgan fingerprint density at radius 2 is 1.82 bits per heavy atom. The third-order valence-electron chi connectivity index (χ3n) is 4.15. The molecule has 0 amide bonds. The van der Waals surface area contributed by atoms with Crippen LogP contribution in [0.15, 0.2) is 18.2 Å². The molecule has 0 saturated carbocycles. The lowest BCUT2D eigenvalue weighted by Gasteiger charge is -2.29. The molecule has 1 heterocycles. The van der Waals surface area contributed by atoms with Gasteiger partial charge in [0, 0.05) is 30.4 Å². The monoisotopic (exact) mass is 312 g/mol.